The molecule has 3 fully saturated rings. The number of hydrogen-bond donors (Lipinski definition) is 4. The van der Waals surface area contributed by atoms with E-state index in [-0.39, 0.29) is 42.5 Å². The molecule has 0 radical (unpaired) electrons. The zero-order valence-electron chi connectivity index (χ0n) is 19.8. The number of carbonyl (C=O) groups excluding carboxylic acids is 4. The van der Waals surface area contributed by atoms with Gasteiger partial charge in [0.2, 0.25) is 11.8 Å². The monoisotopic (exact) mass is 491 g/mol. The quantitative estimate of drug-likeness (QED) is 0.469. The number of urea groups is 1. The number of anilines is 1. The van der Waals surface area contributed by atoms with Gasteiger partial charge in [0.1, 0.15) is 23.4 Å². The predicted molar refractivity (Wildman–Crippen MR) is 130 cm³/mol. The van der Waals surface area contributed by atoms with Crippen LogP contribution in [0.5, 0.6) is 5.75 Å². The molecular formula is C26H29N5O5. The highest BCUT2D eigenvalue weighted by Crippen LogP contribution is 2.44. The molecule has 2 spiro atoms. The van der Waals surface area contributed by atoms with Crippen LogP contribution in [-0.2, 0) is 14.4 Å². The second-order valence-corrected chi connectivity index (χ2v) is 10.4. The number of amides is 5. The molecule has 5 amide bonds. The summed E-state index contributed by atoms with van der Waals surface area (Å²) in [7, 11) is 0. The van der Waals surface area contributed by atoms with Crippen molar-refractivity contribution in [3.05, 3.63) is 48.2 Å². The predicted octanol–water partition coefficient (Wildman–Crippen LogP) is 1.10. The van der Waals surface area contributed by atoms with Gasteiger partial charge >= 0.3 is 6.03 Å². The van der Waals surface area contributed by atoms with E-state index >= 15 is 0 Å². The maximum Gasteiger partial charge on any atom is 0.322 e. The number of nitrogens with zero attached hydrogens (tertiary/aromatic N) is 1. The van der Waals surface area contributed by atoms with Crippen molar-refractivity contribution in [3.63, 3.8) is 0 Å². The molecule has 0 bridgehead atoms. The number of para-hydroxylation sites is 2. The Morgan fingerprint density at radius 3 is 2.67 bits per heavy atom. The Bertz CT molecular complexity index is 1200. The molecule has 5 aliphatic rings. The summed E-state index contributed by atoms with van der Waals surface area (Å²) in [5.41, 5.74) is -0.223. The average Bonchev–Trinajstić information content (AvgIpc) is 3.31. The highest BCUT2D eigenvalue weighted by molar-refractivity contribution is 6.07. The zero-order chi connectivity index (χ0) is 24.9. The minimum Gasteiger partial charge on any atom is -0.484 e. The molecular weight excluding hydrogens is 462 g/mol. The lowest BCUT2D eigenvalue weighted by Gasteiger charge is -2.36. The molecule has 2 saturated heterocycles. The summed E-state index contributed by atoms with van der Waals surface area (Å²) in [6.07, 6.45) is 8.44. The molecule has 10 heteroatoms. The van der Waals surface area contributed by atoms with Crippen LogP contribution in [0.4, 0.5) is 10.5 Å². The molecule has 3 atom stereocenters. The van der Waals surface area contributed by atoms with E-state index in [0.717, 1.165) is 25.9 Å². The summed E-state index contributed by atoms with van der Waals surface area (Å²) >= 11 is 0. The third-order valence-electron chi connectivity index (χ3n) is 8.01. The summed E-state index contributed by atoms with van der Waals surface area (Å²) < 4.78 is 6.41. The first kappa shape index (κ1) is 22.8. The van der Waals surface area contributed by atoms with Crippen LogP contribution >= 0.6 is 0 Å². The van der Waals surface area contributed by atoms with Crippen molar-refractivity contribution in [1.82, 2.24) is 21.3 Å². The lowest BCUT2D eigenvalue weighted by atomic mass is 9.88. The van der Waals surface area contributed by atoms with Crippen LogP contribution in [-0.4, -0.2) is 54.5 Å². The average molecular weight is 492 g/mol. The van der Waals surface area contributed by atoms with Crippen molar-refractivity contribution >= 4 is 29.4 Å². The largest absolute Gasteiger partial charge is 0.484 e. The smallest absolute Gasteiger partial charge is 0.322 e. The Morgan fingerprint density at radius 2 is 1.89 bits per heavy atom. The molecule has 2 aliphatic carbocycles. The van der Waals surface area contributed by atoms with E-state index in [2.05, 4.69) is 21.3 Å². The van der Waals surface area contributed by atoms with E-state index in [0.29, 0.717) is 30.0 Å². The van der Waals surface area contributed by atoms with Gasteiger partial charge in [-0.15, -0.1) is 0 Å². The molecule has 6 rings (SSSR count). The second kappa shape index (κ2) is 8.48. The van der Waals surface area contributed by atoms with Crippen LogP contribution in [0.15, 0.2) is 48.2 Å². The first-order valence-corrected chi connectivity index (χ1v) is 12.5. The Morgan fingerprint density at radius 1 is 1.11 bits per heavy atom. The number of hydrogen-bond acceptors (Lipinski definition) is 6. The fraction of sp³-hybridized carbons (Fsp3) is 0.462. The van der Waals surface area contributed by atoms with Crippen molar-refractivity contribution in [2.24, 2.45) is 11.8 Å². The minimum absolute atomic E-state index is 0.0168. The normalized spacial score (nSPS) is 30.2. The topological polar surface area (TPSA) is 129 Å². The molecule has 1 aromatic rings. The van der Waals surface area contributed by atoms with Crippen molar-refractivity contribution in [2.75, 3.05) is 24.5 Å². The minimum atomic E-state index is -0.889. The summed E-state index contributed by atoms with van der Waals surface area (Å²) in [4.78, 5) is 52.0. The first-order chi connectivity index (χ1) is 17.3. The highest BCUT2D eigenvalue weighted by atomic mass is 16.5. The first-order valence-electron chi connectivity index (χ1n) is 12.5. The van der Waals surface area contributed by atoms with Crippen molar-refractivity contribution in [2.45, 2.75) is 43.2 Å². The van der Waals surface area contributed by atoms with Crippen LogP contribution in [0.25, 0.3) is 0 Å². The van der Waals surface area contributed by atoms with Gasteiger partial charge in [0, 0.05) is 18.5 Å². The van der Waals surface area contributed by atoms with E-state index in [9.17, 15) is 19.2 Å². The van der Waals surface area contributed by atoms with Crippen molar-refractivity contribution in [3.8, 4) is 5.75 Å². The number of nitrogens with one attached hydrogen (secondary N) is 4. The van der Waals surface area contributed by atoms with E-state index in [1.54, 1.807) is 0 Å². The fourth-order valence-electron chi connectivity index (χ4n) is 6.22. The number of imide groups is 1. The number of ether oxygens (including phenoxy) is 1. The third-order valence-corrected chi connectivity index (χ3v) is 8.01. The van der Waals surface area contributed by atoms with Gasteiger partial charge in [-0.1, -0.05) is 24.3 Å². The number of rotatable bonds is 3. The van der Waals surface area contributed by atoms with Gasteiger partial charge in [-0.3, -0.25) is 24.6 Å². The van der Waals surface area contributed by atoms with Crippen LogP contribution in [0, 0.1) is 11.8 Å². The van der Waals surface area contributed by atoms with E-state index in [4.69, 9.17) is 4.74 Å². The Kier molecular flexibility index (Phi) is 5.36. The molecule has 0 aromatic heterocycles. The maximum atomic E-state index is 13.4. The molecule has 3 unspecified atom stereocenters. The molecule has 1 aromatic carbocycles. The van der Waals surface area contributed by atoms with Crippen LogP contribution < -0.4 is 30.9 Å². The van der Waals surface area contributed by atoms with E-state index in [1.807, 2.05) is 42.5 Å². The van der Waals surface area contributed by atoms with Gasteiger partial charge in [-0.25, -0.2) is 4.79 Å². The van der Waals surface area contributed by atoms with Gasteiger partial charge < -0.3 is 20.7 Å². The molecule has 36 heavy (non-hydrogen) atoms. The van der Waals surface area contributed by atoms with E-state index in [1.165, 1.54) is 4.90 Å². The maximum absolute atomic E-state index is 13.4. The zero-order valence-corrected chi connectivity index (χ0v) is 19.8. The standard InChI is InChI=1S/C26H29N5O5/c32-21(28-18-6-5-16-12-26(13-17(16)11-18)23(34)29-24(35)30-26)15-31-19-3-1-2-4-20(19)36-25(14-22(31)33)7-9-27-10-8-25/h1-6,11,16-17,27H,7-10,12-15H2,(H,28,32)(H2,29,30,34,35). The number of carbonyl (C=O) groups is 4. The summed E-state index contributed by atoms with van der Waals surface area (Å²) in [5, 5.41) is 11.4. The molecule has 188 valence electrons. The van der Waals surface area contributed by atoms with Gasteiger partial charge in [0.15, 0.2) is 0 Å². The Labute approximate surface area is 208 Å². The van der Waals surface area contributed by atoms with Crippen LogP contribution in [0.3, 0.4) is 0 Å². The summed E-state index contributed by atoms with van der Waals surface area (Å²) in [6.45, 7) is 1.44. The van der Waals surface area contributed by atoms with Crippen LogP contribution in [0.1, 0.15) is 32.1 Å². The highest BCUT2D eigenvalue weighted by Gasteiger charge is 2.54. The number of fused-ring (bicyclic) bond motifs is 2. The number of allylic oxidation sites excluding steroid dienone is 3. The van der Waals surface area contributed by atoms with Crippen LogP contribution in [0.2, 0.25) is 0 Å². The molecule has 10 nitrogen and oxygen atoms in total. The fourth-order valence-corrected chi connectivity index (χ4v) is 6.22. The molecule has 1 saturated carbocycles. The van der Waals surface area contributed by atoms with Gasteiger partial charge in [-0.2, -0.15) is 0 Å². The lowest BCUT2D eigenvalue weighted by molar-refractivity contribution is -0.125. The Hall–Kier alpha value is -3.66. The van der Waals surface area contributed by atoms with Crippen molar-refractivity contribution in [1.29, 1.82) is 0 Å². The summed E-state index contributed by atoms with van der Waals surface area (Å²) in [6, 6.07) is 6.91. The Balaban J connectivity index is 1.16. The van der Waals surface area contributed by atoms with E-state index < -0.39 is 17.2 Å². The third kappa shape index (κ3) is 3.95. The van der Waals surface area contributed by atoms with Gasteiger partial charge in [0.05, 0.1) is 12.1 Å². The second-order valence-electron chi connectivity index (χ2n) is 10.4. The van der Waals surface area contributed by atoms with Gasteiger partial charge in [-0.05, 0) is 56.0 Å². The van der Waals surface area contributed by atoms with Gasteiger partial charge in [0.25, 0.3) is 5.91 Å². The van der Waals surface area contributed by atoms with Crippen molar-refractivity contribution < 1.29 is 23.9 Å². The SMILES string of the molecule is O=C(CN1C(=O)CC2(CCNCC2)Oc2ccccc21)NC1=CC2CC3(CC2C=C1)NC(=O)NC3=O. The molecule has 3 heterocycles. The summed E-state index contributed by atoms with van der Waals surface area (Å²) in [5.74, 6) is 0.00172. The number of piperidine rings is 1. The number of benzene rings is 1. The molecule has 3 aliphatic heterocycles. The lowest BCUT2D eigenvalue weighted by Crippen LogP contribution is -2.49. The molecule has 4 N–H and O–H groups in total.